The monoisotopic (exact) mass is 391 g/mol. The Kier molecular flexibility index (Phi) is 6.50. The second-order valence-corrected chi connectivity index (χ2v) is 9.10. The van der Waals surface area contributed by atoms with Gasteiger partial charge in [0.05, 0.1) is 13.1 Å². The molecule has 3 rings (SSSR count). The van der Waals surface area contributed by atoms with Crippen LogP contribution >= 0.6 is 0 Å². The van der Waals surface area contributed by atoms with Crippen LogP contribution in [0.5, 0.6) is 5.75 Å². The largest absolute Gasteiger partial charge is 0.501 e. The molecule has 0 bridgehead atoms. The SMILES string of the molecule is CCCN1CC(C)N(c2c(O)c(=[N+]3C(C)CN(CCC)CC3C)c2=O)C(C)C1. The number of hydrogen-bond acceptors (Lipinski definition) is 5. The fourth-order valence-electron chi connectivity index (χ4n) is 5.60. The van der Waals surface area contributed by atoms with Crippen molar-refractivity contribution in [3.8, 4) is 5.75 Å². The van der Waals surface area contributed by atoms with Crippen LogP contribution in [0.25, 0.3) is 0 Å². The van der Waals surface area contributed by atoms with Crippen LogP contribution in [0, 0.1) is 0 Å². The summed E-state index contributed by atoms with van der Waals surface area (Å²) < 4.78 is 2.16. The van der Waals surface area contributed by atoms with Gasteiger partial charge in [-0.15, -0.1) is 0 Å². The standard InChI is InChI=1S/C22H38N4O2/c1-7-9-23-11-15(3)25(16(4)12-23)19-21(27)20(22(19)28)26-17(5)13-24(10-8-2)14-18(26)6/h15-18H,7-14H2,1-6H3/p+1. The summed E-state index contributed by atoms with van der Waals surface area (Å²) in [6.45, 7) is 19.0. The molecule has 2 aliphatic heterocycles. The van der Waals surface area contributed by atoms with E-state index in [-0.39, 0.29) is 35.3 Å². The number of anilines is 1. The lowest BCUT2D eigenvalue weighted by molar-refractivity contribution is 0.146. The molecule has 1 aromatic carbocycles. The van der Waals surface area contributed by atoms with Gasteiger partial charge < -0.3 is 10.0 Å². The second kappa shape index (κ2) is 8.54. The Morgan fingerprint density at radius 2 is 1.36 bits per heavy atom. The first-order valence-corrected chi connectivity index (χ1v) is 11.2. The van der Waals surface area contributed by atoms with Crippen LogP contribution in [0.2, 0.25) is 0 Å². The van der Waals surface area contributed by atoms with Gasteiger partial charge in [-0.3, -0.25) is 14.6 Å². The third-order valence-electron chi connectivity index (χ3n) is 6.46. The third-order valence-corrected chi connectivity index (χ3v) is 6.46. The van der Waals surface area contributed by atoms with E-state index < -0.39 is 0 Å². The number of nitrogens with zero attached hydrogens (tertiary/aromatic N) is 4. The van der Waals surface area contributed by atoms with Crippen LogP contribution < -0.4 is 20.3 Å². The second-order valence-electron chi connectivity index (χ2n) is 9.10. The van der Waals surface area contributed by atoms with Crippen molar-refractivity contribution in [3.05, 3.63) is 15.6 Å². The minimum absolute atomic E-state index is 0.0304. The molecule has 0 spiro atoms. The average molecular weight is 392 g/mol. The molecule has 0 aromatic heterocycles. The highest BCUT2D eigenvalue weighted by atomic mass is 16.3. The van der Waals surface area contributed by atoms with Gasteiger partial charge in [0.25, 0.3) is 10.8 Å². The van der Waals surface area contributed by atoms with Crippen molar-refractivity contribution in [2.45, 2.75) is 78.6 Å². The van der Waals surface area contributed by atoms with Gasteiger partial charge in [-0.2, -0.15) is 0 Å². The Morgan fingerprint density at radius 1 is 0.893 bits per heavy atom. The quantitative estimate of drug-likeness (QED) is 0.765. The molecule has 2 fully saturated rings. The first kappa shape index (κ1) is 21.3. The molecule has 2 heterocycles. The topological polar surface area (TPSA) is 50.0 Å². The Labute approximate surface area is 169 Å². The summed E-state index contributed by atoms with van der Waals surface area (Å²) in [5, 5.41) is 11.5. The molecule has 0 radical (unpaired) electrons. The highest BCUT2D eigenvalue weighted by Gasteiger charge is 2.41. The predicted octanol–water partition coefficient (Wildman–Crippen LogP) is 1.21. The molecule has 2 aliphatic rings. The van der Waals surface area contributed by atoms with Gasteiger partial charge in [0.15, 0.2) is 12.1 Å². The lowest BCUT2D eigenvalue weighted by Crippen LogP contribution is -2.64. The summed E-state index contributed by atoms with van der Waals surface area (Å²) in [5.41, 5.74) is 0.573. The van der Waals surface area contributed by atoms with E-state index in [2.05, 4.69) is 60.8 Å². The normalized spacial score (nSPS) is 30.4. The summed E-state index contributed by atoms with van der Waals surface area (Å²) in [6, 6.07) is 0.923. The molecule has 0 saturated carbocycles. The van der Waals surface area contributed by atoms with Crippen molar-refractivity contribution in [2.75, 3.05) is 44.2 Å². The minimum atomic E-state index is 0.0304. The number of rotatable bonds is 5. The first-order chi connectivity index (χ1) is 13.3. The van der Waals surface area contributed by atoms with Gasteiger partial charge >= 0.3 is 0 Å². The summed E-state index contributed by atoms with van der Waals surface area (Å²) in [7, 11) is 0. The number of aromatic hydroxyl groups is 1. The van der Waals surface area contributed by atoms with E-state index in [1.807, 2.05) is 0 Å². The van der Waals surface area contributed by atoms with Crippen LogP contribution in [-0.4, -0.2) is 78.3 Å². The summed E-state index contributed by atoms with van der Waals surface area (Å²) in [5.74, 6) is 0.218. The zero-order valence-corrected chi connectivity index (χ0v) is 18.6. The minimum Gasteiger partial charge on any atom is -0.501 e. The van der Waals surface area contributed by atoms with E-state index in [9.17, 15) is 9.90 Å². The van der Waals surface area contributed by atoms with Crippen LogP contribution in [0.15, 0.2) is 4.79 Å². The van der Waals surface area contributed by atoms with Crippen LogP contribution in [0.1, 0.15) is 54.4 Å². The van der Waals surface area contributed by atoms with Gasteiger partial charge in [-0.1, -0.05) is 13.8 Å². The van der Waals surface area contributed by atoms with Crippen molar-refractivity contribution in [1.82, 2.24) is 14.4 Å². The Bertz CT molecular complexity index is 741. The fourth-order valence-corrected chi connectivity index (χ4v) is 5.60. The van der Waals surface area contributed by atoms with E-state index in [4.69, 9.17) is 0 Å². The molecule has 2 saturated heterocycles. The fraction of sp³-hybridized carbons (Fsp3) is 0.818. The van der Waals surface area contributed by atoms with Crippen molar-refractivity contribution < 1.29 is 5.11 Å². The molecule has 0 aliphatic carbocycles. The Morgan fingerprint density at radius 3 is 1.79 bits per heavy atom. The molecule has 4 unspecified atom stereocenters. The van der Waals surface area contributed by atoms with Crippen molar-refractivity contribution >= 4 is 5.69 Å². The van der Waals surface area contributed by atoms with Gasteiger partial charge in [0.2, 0.25) is 5.75 Å². The van der Waals surface area contributed by atoms with Crippen molar-refractivity contribution in [1.29, 1.82) is 0 Å². The smallest absolute Gasteiger partial charge is 0.295 e. The zero-order valence-electron chi connectivity index (χ0n) is 18.6. The molecule has 1 aromatic rings. The summed E-state index contributed by atoms with van der Waals surface area (Å²) in [6.07, 6.45) is 2.29. The summed E-state index contributed by atoms with van der Waals surface area (Å²) in [4.78, 5) is 20.3. The number of hydrogen-bond donors (Lipinski definition) is 1. The third kappa shape index (κ3) is 3.73. The maximum Gasteiger partial charge on any atom is 0.295 e. The molecular weight excluding hydrogens is 352 g/mol. The molecule has 6 heteroatoms. The molecule has 158 valence electrons. The van der Waals surface area contributed by atoms with Gasteiger partial charge in [0, 0.05) is 25.2 Å². The van der Waals surface area contributed by atoms with Crippen molar-refractivity contribution in [3.63, 3.8) is 0 Å². The highest BCUT2D eigenvalue weighted by molar-refractivity contribution is 5.64. The zero-order chi connectivity index (χ0) is 20.6. The van der Waals surface area contributed by atoms with E-state index in [0.29, 0.717) is 11.0 Å². The van der Waals surface area contributed by atoms with Gasteiger partial charge in [-0.25, -0.2) is 4.58 Å². The first-order valence-electron chi connectivity index (χ1n) is 11.2. The van der Waals surface area contributed by atoms with Crippen LogP contribution in [0.3, 0.4) is 0 Å². The van der Waals surface area contributed by atoms with Gasteiger partial charge in [-0.05, 0) is 53.6 Å². The van der Waals surface area contributed by atoms with E-state index in [1.165, 1.54) is 0 Å². The van der Waals surface area contributed by atoms with Crippen LogP contribution in [0.4, 0.5) is 5.69 Å². The lowest BCUT2D eigenvalue weighted by Gasteiger charge is -2.46. The van der Waals surface area contributed by atoms with E-state index >= 15 is 0 Å². The van der Waals surface area contributed by atoms with Gasteiger partial charge in [0.1, 0.15) is 5.69 Å². The molecule has 6 nitrogen and oxygen atoms in total. The summed E-state index contributed by atoms with van der Waals surface area (Å²) >= 11 is 0. The molecule has 28 heavy (non-hydrogen) atoms. The molecule has 0 amide bonds. The number of piperazine rings is 2. The van der Waals surface area contributed by atoms with E-state index in [1.54, 1.807) is 0 Å². The molecule has 1 N–H and O–H groups in total. The molecule has 4 atom stereocenters. The van der Waals surface area contributed by atoms with E-state index in [0.717, 1.165) is 52.1 Å². The molecular formula is C22H39N4O2+. The van der Waals surface area contributed by atoms with Crippen molar-refractivity contribution in [2.24, 2.45) is 0 Å². The van der Waals surface area contributed by atoms with Crippen LogP contribution in [-0.2, 0) is 0 Å². The maximum atomic E-state index is 13.2. The lowest BCUT2D eigenvalue weighted by atomic mass is 10.0. The predicted molar refractivity (Wildman–Crippen MR) is 116 cm³/mol. The highest BCUT2D eigenvalue weighted by Crippen LogP contribution is 2.29. The Hall–Kier alpha value is -1.40. The average Bonchev–Trinajstić information content (AvgIpc) is 2.61. The maximum absolute atomic E-state index is 13.2. The Balaban J connectivity index is 1.90.